The summed E-state index contributed by atoms with van der Waals surface area (Å²) in [6, 6.07) is 6.34. The van der Waals surface area contributed by atoms with Crippen molar-refractivity contribution < 1.29 is 19.1 Å². The van der Waals surface area contributed by atoms with Gasteiger partial charge < -0.3 is 4.74 Å². The Balaban J connectivity index is 1.40. The molecule has 1 aromatic carbocycles. The first-order chi connectivity index (χ1) is 11.0. The van der Waals surface area contributed by atoms with Crippen molar-refractivity contribution in [2.45, 2.75) is 18.9 Å². The van der Waals surface area contributed by atoms with E-state index in [-0.39, 0.29) is 35.7 Å². The minimum atomic E-state index is -0.426. The third kappa shape index (κ3) is 2.28. The molecule has 0 spiro atoms. The van der Waals surface area contributed by atoms with Crippen LogP contribution in [0, 0.1) is 23.7 Å². The number of benzene rings is 1. The summed E-state index contributed by atoms with van der Waals surface area (Å²) >= 11 is 5.77. The van der Waals surface area contributed by atoms with Crippen molar-refractivity contribution in [2.24, 2.45) is 23.7 Å². The van der Waals surface area contributed by atoms with Gasteiger partial charge in [0.1, 0.15) is 6.10 Å². The van der Waals surface area contributed by atoms with Crippen LogP contribution in [0.3, 0.4) is 0 Å². The van der Waals surface area contributed by atoms with E-state index in [1.165, 1.54) is 0 Å². The van der Waals surface area contributed by atoms with Crippen LogP contribution in [0.25, 0.3) is 0 Å². The van der Waals surface area contributed by atoms with E-state index in [0.29, 0.717) is 10.6 Å². The molecule has 1 aromatic rings. The first kappa shape index (κ1) is 14.5. The first-order valence-corrected chi connectivity index (χ1v) is 7.98. The molecule has 0 radical (unpaired) electrons. The maximum Gasteiger partial charge on any atom is 0.310 e. The molecule has 5 unspecified atom stereocenters. The number of halogens is 1. The monoisotopic (exact) mass is 334 g/mol. The van der Waals surface area contributed by atoms with Crippen LogP contribution in [0.1, 0.15) is 23.2 Å². The third-order valence-electron chi connectivity index (χ3n) is 5.19. The Bertz CT molecular complexity index is 688. The number of nitrogens with one attached hydrogen (secondary N) is 2. The van der Waals surface area contributed by atoms with Crippen LogP contribution >= 0.6 is 11.6 Å². The summed E-state index contributed by atoms with van der Waals surface area (Å²) in [4.78, 5) is 36.3. The molecule has 0 aromatic heterocycles. The van der Waals surface area contributed by atoms with Crippen molar-refractivity contribution in [3.8, 4) is 0 Å². The quantitative estimate of drug-likeness (QED) is 0.630. The van der Waals surface area contributed by atoms with Gasteiger partial charge in [-0.3, -0.25) is 25.2 Å². The van der Waals surface area contributed by atoms with Crippen molar-refractivity contribution in [2.75, 3.05) is 0 Å². The molecule has 2 saturated carbocycles. The van der Waals surface area contributed by atoms with E-state index in [0.717, 1.165) is 12.8 Å². The lowest BCUT2D eigenvalue weighted by atomic mass is 9.79. The Morgan fingerprint density at radius 3 is 2.61 bits per heavy atom. The van der Waals surface area contributed by atoms with Gasteiger partial charge >= 0.3 is 5.97 Å². The van der Waals surface area contributed by atoms with Crippen molar-refractivity contribution in [1.82, 2.24) is 10.9 Å². The van der Waals surface area contributed by atoms with E-state index in [9.17, 15) is 14.4 Å². The molecule has 1 aliphatic heterocycles. The van der Waals surface area contributed by atoms with Gasteiger partial charge in [0.05, 0.1) is 11.8 Å². The predicted molar refractivity (Wildman–Crippen MR) is 80.1 cm³/mol. The summed E-state index contributed by atoms with van der Waals surface area (Å²) in [6.07, 6.45) is 1.59. The van der Waals surface area contributed by atoms with Crippen LogP contribution in [-0.4, -0.2) is 23.9 Å². The van der Waals surface area contributed by atoms with Gasteiger partial charge in [0.15, 0.2) is 0 Å². The molecule has 3 fully saturated rings. The molecule has 7 heteroatoms. The second-order valence-corrected chi connectivity index (χ2v) is 6.81. The highest BCUT2D eigenvalue weighted by Gasteiger charge is 2.63. The van der Waals surface area contributed by atoms with Crippen molar-refractivity contribution in [3.63, 3.8) is 0 Å². The molecular formula is C16H15ClN2O4. The summed E-state index contributed by atoms with van der Waals surface area (Å²) < 4.78 is 5.31. The highest BCUT2D eigenvalue weighted by molar-refractivity contribution is 6.30. The fraction of sp³-hybridized carbons (Fsp3) is 0.438. The normalized spacial score (nSPS) is 33.4. The lowest BCUT2D eigenvalue weighted by Gasteiger charge is -2.23. The van der Waals surface area contributed by atoms with Crippen LogP contribution in [0.4, 0.5) is 0 Å². The van der Waals surface area contributed by atoms with Gasteiger partial charge in [-0.1, -0.05) is 11.6 Å². The van der Waals surface area contributed by atoms with Crippen LogP contribution in [0.15, 0.2) is 24.3 Å². The van der Waals surface area contributed by atoms with Crippen molar-refractivity contribution in [3.05, 3.63) is 34.9 Å². The topological polar surface area (TPSA) is 84.5 Å². The molecule has 2 bridgehead atoms. The lowest BCUT2D eigenvalue weighted by Crippen LogP contribution is -2.48. The summed E-state index contributed by atoms with van der Waals surface area (Å²) in [7, 11) is 0. The molecule has 1 saturated heterocycles. The average molecular weight is 335 g/mol. The molecule has 6 nitrogen and oxygen atoms in total. The van der Waals surface area contributed by atoms with Crippen molar-refractivity contribution >= 4 is 29.4 Å². The molecule has 2 amide bonds. The van der Waals surface area contributed by atoms with Gasteiger partial charge in [0.2, 0.25) is 5.91 Å². The fourth-order valence-corrected chi connectivity index (χ4v) is 4.36. The Labute approximate surface area is 137 Å². The Kier molecular flexibility index (Phi) is 3.30. The predicted octanol–water partition coefficient (Wildman–Crippen LogP) is 1.30. The zero-order valence-electron chi connectivity index (χ0n) is 12.1. The van der Waals surface area contributed by atoms with E-state index >= 15 is 0 Å². The number of hydrogen-bond donors (Lipinski definition) is 2. The van der Waals surface area contributed by atoms with E-state index in [2.05, 4.69) is 10.9 Å². The van der Waals surface area contributed by atoms with E-state index in [1.807, 2.05) is 0 Å². The Morgan fingerprint density at radius 1 is 1.13 bits per heavy atom. The van der Waals surface area contributed by atoms with Crippen LogP contribution in [0.5, 0.6) is 0 Å². The second kappa shape index (κ2) is 5.23. The minimum Gasteiger partial charge on any atom is -0.462 e. The van der Waals surface area contributed by atoms with E-state index < -0.39 is 11.8 Å². The standard InChI is InChI=1S/C16H15ClN2O4/c17-9-3-1-7(2-4-9)14(20)18-19-15(21)12-8-5-10-11(6-8)23-16(22)13(10)12/h1-4,8,10-13H,5-6H2,(H,18,20)(H,19,21). The number of ether oxygens (including phenoxy) is 1. The number of hydrogen-bond acceptors (Lipinski definition) is 4. The Hall–Kier alpha value is -2.08. The first-order valence-electron chi connectivity index (χ1n) is 7.61. The molecule has 3 aliphatic rings. The minimum absolute atomic E-state index is 0.00907. The number of fused-ring (bicyclic) bond motifs is 1. The zero-order valence-corrected chi connectivity index (χ0v) is 12.9. The maximum absolute atomic E-state index is 12.4. The largest absolute Gasteiger partial charge is 0.462 e. The van der Waals surface area contributed by atoms with Gasteiger partial charge in [-0.05, 0) is 43.0 Å². The number of rotatable bonds is 2. The van der Waals surface area contributed by atoms with Crippen molar-refractivity contribution in [1.29, 1.82) is 0 Å². The lowest BCUT2D eigenvalue weighted by molar-refractivity contribution is -0.146. The molecule has 1 heterocycles. The number of carbonyl (C=O) groups excluding carboxylic acids is 3. The van der Waals surface area contributed by atoms with Crippen LogP contribution < -0.4 is 10.9 Å². The summed E-state index contributed by atoms with van der Waals surface area (Å²) in [5, 5.41) is 0.530. The third-order valence-corrected chi connectivity index (χ3v) is 5.44. The SMILES string of the molecule is O=C(NNC(=O)C1C2CC3OC(=O)C1C3C2)c1ccc(Cl)cc1. The average Bonchev–Trinajstić information content (AvgIpc) is 3.14. The molecule has 2 N–H and O–H groups in total. The summed E-state index contributed by atoms with van der Waals surface area (Å²) in [5.41, 5.74) is 5.23. The molecular weight excluding hydrogens is 320 g/mol. The van der Waals surface area contributed by atoms with Gasteiger partial charge in [-0.2, -0.15) is 0 Å². The van der Waals surface area contributed by atoms with Crippen LogP contribution in [0.2, 0.25) is 5.02 Å². The number of amides is 2. The maximum atomic E-state index is 12.4. The highest BCUT2D eigenvalue weighted by atomic mass is 35.5. The molecule has 2 aliphatic carbocycles. The van der Waals surface area contributed by atoms with E-state index in [1.54, 1.807) is 24.3 Å². The summed E-state index contributed by atoms with van der Waals surface area (Å²) in [5.74, 6) is -1.46. The van der Waals surface area contributed by atoms with E-state index in [4.69, 9.17) is 16.3 Å². The molecule has 4 rings (SSSR count). The number of hydrazine groups is 1. The molecule has 5 atom stereocenters. The fourth-order valence-electron chi connectivity index (χ4n) is 4.24. The van der Waals surface area contributed by atoms with Gasteiger partial charge in [-0.15, -0.1) is 0 Å². The zero-order chi connectivity index (χ0) is 16.1. The number of esters is 1. The number of carbonyl (C=O) groups is 3. The van der Waals surface area contributed by atoms with Crippen LogP contribution in [-0.2, 0) is 14.3 Å². The van der Waals surface area contributed by atoms with Gasteiger partial charge in [0, 0.05) is 16.5 Å². The highest BCUT2D eigenvalue weighted by Crippen LogP contribution is 2.57. The summed E-state index contributed by atoms with van der Waals surface area (Å²) in [6.45, 7) is 0. The van der Waals surface area contributed by atoms with Gasteiger partial charge in [0.25, 0.3) is 5.91 Å². The molecule has 23 heavy (non-hydrogen) atoms. The Morgan fingerprint density at radius 2 is 1.87 bits per heavy atom. The smallest absolute Gasteiger partial charge is 0.310 e. The van der Waals surface area contributed by atoms with Gasteiger partial charge in [-0.25, -0.2) is 0 Å². The second-order valence-electron chi connectivity index (χ2n) is 6.37. The molecule has 120 valence electrons.